The molecule has 6 heteroatoms. The SMILES string of the molecule is [C-]#[N+]c1cc(C#N)c(-n2c3ccccc3c3c4oc5ccccc5c4ccc32)cc1-n1c2ccccc2c2c3oc4ccccc4c3ccc21. The number of para-hydroxylation sites is 4. The Balaban J connectivity index is 1.27. The Labute approximate surface area is 283 Å². The van der Waals surface area contributed by atoms with Crippen LogP contribution in [-0.2, 0) is 0 Å². The molecule has 0 saturated heterocycles. The van der Waals surface area contributed by atoms with Gasteiger partial charge in [0.15, 0.2) is 0 Å². The molecule has 230 valence electrons. The van der Waals surface area contributed by atoms with Gasteiger partial charge in [-0.05, 0) is 60.7 Å². The van der Waals surface area contributed by atoms with E-state index in [2.05, 4.69) is 80.7 Å². The topological polar surface area (TPSA) is 64.3 Å². The van der Waals surface area contributed by atoms with Gasteiger partial charge in [0.05, 0.1) is 62.4 Å². The zero-order valence-corrected chi connectivity index (χ0v) is 26.3. The van der Waals surface area contributed by atoms with Gasteiger partial charge in [0, 0.05) is 32.3 Å². The van der Waals surface area contributed by atoms with Crippen LogP contribution in [0.2, 0.25) is 0 Å². The molecule has 0 aliphatic heterocycles. The molecule has 0 bridgehead atoms. The molecule has 7 aromatic carbocycles. The van der Waals surface area contributed by atoms with E-state index in [9.17, 15) is 5.26 Å². The van der Waals surface area contributed by atoms with Gasteiger partial charge in [-0.25, -0.2) is 4.85 Å². The van der Waals surface area contributed by atoms with Crippen LogP contribution < -0.4 is 0 Å². The highest BCUT2D eigenvalue weighted by Crippen LogP contribution is 2.45. The van der Waals surface area contributed by atoms with E-state index >= 15 is 0 Å². The highest BCUT2D eigenvalue weighted by atomic mass is 16.3. The Hall–Kier alpha value is -7.28. The molecule has 0 aliphatic carbocycles. The van der Waals surface area contributed by atoms with E-state index in [0.29, 0.717) is 22.6 Å². The Morgan fingerprint density at radius 1 is 0.500 bits per heavy atom. The number of benzene rings is 7. The van der Waals surface area contributed by atoms with Crippen LogP contribution in [0.15, 0.2) is 142 Å². The summed E-state index contributed by atoms with van der Waals surface area (Å²) in [7, 11) is 0. The summed E-state index contributed by atoms with van der Waals surface area (Å²) < 4.78 is 17.3. The lowest BCUT2D eigenvalue weighted by atomic mass is 10.1. The maximum absolute atomic E-state index is 10.6. The van der Waals surface area contributed by atoms with Crippen LogP contribution in [-0.4, -0.2) is 9.13 Å². The molecule has 0 aliphatic rings. The van der Waals surface area contributed by atoms with E-state index in [4.69, 9.17) is 15.4 Å². The van der Waals surface area contributed by atoms with Gasteiger partial charge in [-0.3, -0.25) is 0 Å². The Bertz CT molecular complexity index is 3130. The van der Waals surface area contributed by atoms with Gasteiger partial charge in [0.1, 0.15) is 22.3 Å². The van der Waals surface area contributed by atoms with Crippen LogP contribution in [0.3, 0.4) is 0 Å². The van der Waals surface area contributed by atoms with E-state index in [1.54, 1.807) is 6.07 Å². The second-order valence-electron chi connectivity index (χ2n) is 12.7. The Morgan fingerprint density at radius 3 is 1.50 bits per heavy atom. The molecule has 0 atom stereocenters. The van der Waals surface area contributed by atoms with E-state index in [1.807, 2.05) is 66.7 Å². The van der Waals surface area contributed by atoms with Gasteiger partial charge in [0.25, 0.3) is 0 Å². The number of nitrogens with zero attached hydrogens (tertiary/aromatic N) is 4. The third-order valence-corrected chi connectivity index (χ3v) is 10.2. The van der Waals surface area contributed by atoms with E-state index in [0.717, 1.165) is 87.5 Å². The van der Waals surface area contributed by atoms with Gasteiger partial charge in [0.2, 0.25) is 5.69 Å². The normalized spacial score (nSPS) is 12.0. The molecule has 11 rings (SSSR count). The smallest absolute Gasteiger partial charge is 0.212 e. The average Bonchev–Trinajstić information content (AvgIpc) is 3.91. The van der Waals surface area contributed by atoms with Crippen molar-refractivity contribution in [2.75, 3.05) is 0 Å². The fourth-order valence-corrected chi connectivity index (χ4v) is 8.10. The predicted molar refractivity (Wildman–Crippen MR) is 201 cm³/mol. The highest BCUT2D eigenvalue weighted by molar-refractivity contribution is 6.25. The van der Waals surface area contributed by atoms with Gasteiger partial charge in [-0.2, -0.15) is 5.26 Å². The maximum Gasteiger partial charge on any atom is 0.212 e. The molecule has 0 spiro atoms. The number of fused-ring (bicyclic) bond motifs is 14. The lowest BCUT2D eigenvalue weighted by Gasteiger charge is -2.16. The summed E-state index contributed by atoms with van der Waals surface area (Å²) in [5.41, 5.74) is 9.19. The molecule has 0 N–H and O–H groups in total. The van der Waals surface area contributed by atoms with Crippen molar-refractivity contribution in [3.05, 3.63) is 150 Å². The van der Waals surface area contributed by atoms with Crippen LogP contribution in [0.25, 0.3) is 104 Å². The Morgan fingerprint density at radius 2 is 0.980 bits per heavy atom. The summed E-state index contributed by atoms with van der Waals surface area (Å²) in [5, 5.41) is 18.8. The minimum atomic E-state index is 0.387. The van der Waals surface area contributed by atoms with Gasteiger partial charge in [-0.15, -0.1) is 0 Å². The summed E-state index contributed by atoms with van der Waals surface area (Å²) in [5.74, 6) is 0. The minimum absolute atomic E-state index is 0.387. The number of hydrogen-bond donors (Lipinski definition) is 0. The van der Waals surface area contributed by atoms with Crippen molar-refractivity contribution < 1.29 is 8.83 Å². The van der Waals surface area contributed by atoms with E-state index < -0.39 is 0 Å². The number of rotatable bonds is 2. The molecule has 0 saturated carbocycles. The predicted octanol–water partition coefficient (Wildman–Crippen LogP) is 12.1. The first-order chi connectivity index (χ1) is 24.7. The van der Waals surface area contributed by atoms with Gasteiger partial charge in [-0.1, -0.05) is 72.8 Å². The first-order valence-electron chi connectivity index (χ1n) is 16.4. The average molecular weight is 639 g/mol. The summed E-state index contributed by atoms with van der Waals surface area (Å²) in [6.07, 6.45) is 0. The monoisotopic (exact) mass is 638 g/mol. The van der Waals surface area contributed by atoms with E-state index in [-0.39, 0.29) is 0 Å². The molecule has 0 radical (unpaired) electrons. The molecular formula is C44H22N4O2. The summed E-state index contributed by atoms with van der Waals surface area (Å²) in [6, 6.07) is 47.2. The van der Waals surface area contributed by atoms with Crippen molar-refractivity contribution in [2.24, 2.45) is 0 Å². The second kappa shape index (κ2) is 9.64. The standard InChI is InChI=1S/C44H22N4O2/c1-46-32-22-25(24-45)37(47-33-14-6-2-12-30(33)41-35(47)20-18-28-26-10-4-8-16-39(26)49-43(28)41)23-38(32)48-34-15-7-3-13-31(34)42-36(48)21-19-29-27-11-5-9-17-40(27)50-44(29)42/h2-23H. The Kier molecular flexibility index (Phi) is 5.16. The van der Waals surface area contributed by atoms with Gasteiger partial charge < -0.3 is 18.0 Å². The largest absolute Gasteiger partial charge is 0.455 e. The van der Waals surface area contributed by atoms with Crippen molar-refractivity contribution in [1.82, 2.24) is 9.13 Å². The lowest BCUT2D eigenvalue weighted by molar-refractivity contribution is 0.672. The van der Waals surface area contributed by atoms with Gasteiger partial charge >= 0.3 is 0 Å². The molecule has 11 aromatic rings. The molecule has 6 nitrogen and oxygen atoms in total. The molecular weight excluding hydrogens is 617 g/mol. The third-order valence-electron chi connectivity index (χ3n) is 10.2. The fourth-order valence-electron chi connectivity index (χ4n) is 8.10. The van der Waals surface area contributed by atoms with Crippen LogP contribution in [0.5, 0.6) is 0 Å². The van der Waals surface area contributed by atoms with Crippen LogP contribution in [0, 0.1) is 17.9 Å². The maximum atomic E-state index is 10.6. The zero-order valence-electron chi connectivity index (χ0n) is 26.3. The second-order valence-corrected chi connectivity index (χ2v) is 12.7. The van der Waals surface area contributed by atoms with Crippen LogP contribution in [0.1, 0.15) is 5.56 Å². The molecule has 50 heavy (non-hydrogen) atoms. The summed E-state index contributed by atoms with van der Waals surface area (Å²) in [4.78, 5) is 3.99. The number of furan rings is 2. The summed E-state index contributed by atoms with van der Waals surface area (Å²) in [6.45, 7) is 8.29. The number of nitriles is 1. The first kappa shape index (κ1) is 26.8. The molecule has 0 amide bonds. The molecule has 4 aromatic heterocycles. The van der Waals surface area contributed by atoms with Crippen LogP contribution >= 0.6 is 0 Å². The fraction of sp³-hybridized carbons (Fsp3) is 0. The lowest BCUT2D eigenvalue weighted by Crippen LogP contribution is -2.02. The number of aromatic nitrogens is 2. The minimum Gasteiger partial charge on any atom is -0.455 e. The molecule has 0 fully saturated rings. The van der Waals surface area contributed by atoms with E-state index in [1.165, 1.54) is 0 Å². The highest BCUT2D eigenvalue weighted by Gasteiger charge is 2.24. The van der Waals surface area contributed by atoms with Crippen molar-refractivity contribution in [3.8, 4) is 17.4 Å². The van der Waals surface area contributed by atoms with Crippen molar-refractivity contribution in [2.45, 2.75) is 0 Å². The first-order valence-corrected chi connectivity index (χ1v) is 16.4. The van der Waals surface area contributed by atoms with Crippen molar-refractivity contribution >= 4 is 93.2 Å². The summed E-state index contributed by atoms with van der Waals surface area (Å²) >= 11 is 0. The molecule has 4 heterocycles. The zero-order chi connectivity index (χ0) is 33.1. The molecule has 0 unspecified atom stereocenters. The van der Waals surface area contributed by atoms with Crippen LogP contribution in [0.4, 0.5) is 5.69 Å². The quantitative estimate of drug-likeness (QED) is 0.177. The van der Waals surface area contributed by atoms with Crippen molar-refractivity contribution in [1.29, 1.82) is 5.26 Å². The number of hydrogen-bond acceptors (Lipinski definition) is 3. The van der Waals surface area contributed by atoms with Crippen molar-refractivity contribution in [3.63, 3.8) is 0 Å². The third kappa shape index (κ3) is 3.34.